The number of carboxylic acid groups (broad SMARTS) is 1. The van der Waals surface area contributed by atoms with Crippen LogP contribution in [0.5, 0.6) is 0 Å². The van der Waals surface area contributed by atoms with Crippen molar-refractivity contribution in [2.45, 2.75) is 90.4 Å². The van der Waals surface area contributed by atoms with Crippen molar-refractivity contribution in [2.75, 3.05) is 6.54 Å². The summed E-state index contributed by atoms with van der Waals surface area (Å²) in [5, 5.41) is 17.1. The predicted octanol–water partition coefficient (Wildman–Crippen LogP) is -1.74. The molecule has 0 radical (unpaired) electrons. The summed E-state index contributed by atoms with van der Waals surface area (Å²) in [6, 6.07) is -4.35. The average Bonchev–Trinajstić information content (AvgIpc) is 2.84. The second-order valence-electron chi connectivity index (χ2n) is 9.20. The summed E-state index contributed by atoms with van der Waals surface area (Å²) in [7, 11) is 0. The molecule has 0 rings (SSSR count). The summed E-state index contributed by atoms with van der Waals surface area (Å²) >= 11 is 0. The van der Waals surface area contributed by atoms with E-state index in [9.17, 15) is 29.1 Å². The molecule has 0 aliphatic heterocycles. The van der Waals surface area contributed by atoms with E-state index in [1.165, 1.54) is 0 Å². The quantitative estimate of drug-likeness (QED) is 0.0569. The average molecular weight is 529 g/mol. The monoisotopic (exact) mass is 528 g/mol. The zero-order valence-electron chi connectivity index (χ0n) is 22.2. The summed E-state index contributed by atoms with van der Waals surface area (Å²) in [5.41, 5.74) is 21.8. The largest absolute Gasteiger partial charge is 0.480 e. The molecule has 0 aliphatic rings. The maximum absolute atomic E-state index is 13.2. The van der Waals surface area contributed by atoms with E-state index in [-0.39, 0.29) is 43.6 Å². The van der Waals surface area contributed by atoms with Gasteiger partial charge in [-0.2, -0.15) is 0 Å². The van der Waals surface area contributed by atoms with Crippen LogP contribution in [0.15, 0.2) is 4.99 Å². The van der Waals surface area contributed by atoms with Crippen molar-refractivity contribution >= 4 is 35.6 Å². The minimum absolute atomic E-state index is 0.110. The molecule has 14 nitrogen and oxygen atoms in total. The van der Waals surface area contributed by atoms with E-state index in [0.29, 0.717) is 19.3 Å². The van der Waals surface area contributed by atoms with Crippen LogP contribution in [0.2, 0.25) is 0 Å². The smallest absolute Gasteiger partial charge is 0.326 e. The molecular formula is C23H44N8O6. The molecule has 6 unspecified atom stereocenters. The molecular weight excluding hydrogens is 484 g/mol. The fraction of sp³-hybridized carbons (Fsp3) is 0.739. The van der Waals surface area contributed by atoms with Gasteiger partial charge in [0.15, 0.2) is 5.96 Å². The van der Waals surface area contributed by atoms with E-state index in [1.54, 1.807) is 13.8 Å². The minimum atomic E-state index is -1.37. The molecule has 0 bridgehead atoms. The topological polar surface area (TPSA) is 258 Å². The zero-order valence-corrected chi connectivity index (χ0v) is 22.2. The molecule has 0 aliphatic carbocycles. The molecule has 6 atom stereocenters. The van der Waals surface area contributed by atoms with Crippen LogP contribution in [0.4, 0.5) is 0 Å². The minimum Gasteiger partial charge on any atom is -0.480 e. The first kappa shape index (κ1) is 33.6. The van der Waals surface area contributed by atoms with Crippen molar-refractivity contribution in [1.29, 1.82) is 0 Å². The number of carboxylic acids is 1. The molecule has 0 aromatic carbocycles. The van der Waals surface area contributed by atoms with Crippen molar-refractivity contribution in [1.82, 2.24) is 16.0 Å². The molecule has 4 amide bonds. The number of hydrogen-bond acceptors (Lipinski definition) is 7. The first-order valence-electron chi connectivity index (χ1n) is 12.5. The van der Waals surface area contributed by atoms with Crippen molar-refractivity contribution in [3.63, 3.8) is 0 Å². The Kier molecular flexibility index (Phi) is 15.5. The van der Waals surface area contributed by atoms with Gasteiger partial charge in [-0.05, 0) is 31.1 Å². The first-order valence-corrected chi connectivity index (χ1v) is 12.5. The van der Waals surface area contributed by atoms with Gasteiger partial charge in [0, 0.05) is 13.0 Å². The number of hydrogen-bond donors (Lipinski definition) is 8. The molecule has 0 saturated carbocycles. The molecule has 0 saturated heterocycles. The molecule has 0 spiro atoms. The number of amides is 4. The van der Waals surface area contributed by atoms with Crippen LogP contribution in [0, 0.1) is 11.8 Å². The number of aliphatic imine (C=N–C) groups is 1. The normalized spacial score (nSPS) is 15.7. The van der Waals surface area contributed by atoms with Crippen LogP contribution < -0.4 is 38.9 Å². The summed E-state index contributed by atoms with van der Waals surface area (Å²) in [4.78, 5) is 65.4. The zero-order chi connectivity index (χ0) is 28.7. The molecule has 14 heteroatoms. The number of nitrogens with zero attached hydrogens (tertiary/aromatic N) is 1. The van der Waals surface area contributed by atoms with Gasteiger partial charge in [-0.15, -0.1) is 0 Å². The molecule has 0 fully saturated rings. The second-order valence-corrected chi connectivity index (χ2v) is 9.20. The Bertz CT molecular complexity index is 817. The molecule has 0 heterocycles. The molecule has 0 aromatic rings. The van der Waals surface area contributed by atoms with Gasteiger partial charge in [0.1, 0.15) is 18.1 Å². The van der Waals surface area contributed by atoms with Gasteiger partial charge in [-0.25, -0.2) is 4.79 Å². The fourth-order valence-corrected chi connectivity index (χ4v) is 3.31. The third-order valence-corrected chi connectivity index (χ3v) is 6.23. The lowest BCUT2D eigenvalue weighted by molar-refractivity contribution is -0.143. The van der Waals surface area contributed by atoms with Gasteiger partial charge in [-0.1, -0.05) is 40.5 Å². The third-order valence-electron chi connectivity index (χ3n) is 6.23. The first-order chi connectivity index (χ1) is 17.2. The Balaban J connectivity index is 5.71. The SMILES string of the molecule is CCC(C)C(N)C(=O)NC(CCCN=C(N)N)C(=O)NC(C(=O)NC(CCC(N)=O)C(=O)O)C(C)CC. The molecule has 37 heavy (non-hydrogen) atoms. The van der Waals surface area contributed by atoms with Crippen LogP contribution in [0.3, 0.4) is 0 Å². The van der Waals surface area contributed by atoms with E-state index >= 15 is 0 Å². The maximum Gasteiger partial charge on any atom is 0.326 e. The number of carbonyl (C=O) groups is 5. The molecule has 12 N–H and O–H groups in total. The Morgan fingerprint density at radius 1 is 0.811 bits per heavy atom. The Hall–Kier alpha value is -3.42. The van der Waals surface area contributed by atoms with Crippen LogP contribution in [-0.4, -0.2) is 71.4 Å². The van der Waals surface area contributed by atoms with Crippen molar-refractivity contribution < 1.29 is 29.1 Å². The highest BCUT2D eigenvalue weighted by atomic mass is 16.4. The summed E-state index contributed by atoms with van der Waals surface area (Å²) in [6.07, 6.45) is 1.22. The number of rotatable bonds is 18. The van der Waals surface area contributed by atoms with E-state index < -0.39 is 53.8 Å². The van der Waals surface area contributed by atoms with Crippen LogP contribution in [-0.2, 0) is 24.0 Å². The highest BCUT2D eigenvalue weighted by molar-refractivity contribution is 5.94. The summed E-state index contributed by atoms with van der Waals surface area (Å²) in [5.74, 6) is -4.55. The maximum atomic E-state index is 13.2. The van der Waals surface area contributed by atoms with E-state index in [4.69, 9.17) is 22.9 Å². The number of nitrogens with one attached hydrogen (secondary N) is 3. The van der Waals surface area contributed by atoms with Crippen molar-refractivity contribution in [3.8, 4) is 0 Å². The second kappa shape index (κ2) is 17.1. The van der Waals surface area contributed by atoms with Gasteiger partial charge >= 0.3 is 5.97 Å². The van der Waals surface area contributed by atoms with E-state index in [1.807, 2.05) is 13.8 Å². The summed E-state index contributed by atoms with van der Waals surface area (Å²) in [6.45, 7) is 7.45. The van der Waals surface area contributed by atoms with Gasteiger partial charge in [-0.3, -0.25) is 24.2 Å². The van der Waals surface area contributed by atoms with Gasteiger partial charge in [0.25, 0.3) is 0 Å². The van der Waals surface area contributed by atoms with E-state index in [0.717, 1.165) is 0 Å². The van der Waals surface area contributed by atoms with Crippen LogP contribution in [0.25, 0.3) is 0 Å². The number of nitrogens with two attached hydrogens (primary N) is 4. The van der Waals surface area contributed by atoms with Gasteiger partial charge in [0.05, 0.1) is 6.04 Å². The standard InChI is InChI=1S/C23H44N8O6/c1-5-12(3)17(25)20(34)29-14(8-7-11-28-23(26)27)19(33)31-18(13(4)6-2)21(35)30-15(22(36)37)9-10-16(24)32/h12-15,17-18H,5-11,25H2,1-4H3,(H2,24,32)(H,29,34)(H,30,35)(H,31,33)(H,36,37)(H4,26,27,28). The van der Waals surface area contributed by atoms with Crippen LogP contribution >= 0.6 is 0 Å². The number of primary amides is 1. The Morgan fingerprint density at radius 3 is 1.86 bits per heavy atom. The van der Waals surface area contributed by atoms with E-state index in [2.05, 4.69) is 20.9 Å². The molecule has 212 valence electrons. The fourth-order valence-electron chi connectivity index (χ4n) is 3.31. The van der Waals surface area contributed by atoms with Crippen molar-refractivity contribution in [2.24, 2.45) is 39.8 Å². The number of carbonyl (C=O) groups excluding carboxylic acids is 4. The van der Waals surface area contributed by atoms with Gasteiger partial charge in [0.2, 0.25) is 23.6 Å². The van der Waals surface area contributed by atoms with Gasteiger partial charge < -0.3 is 44.0 Å². The number of aliphatic carboxylic acids is 1. The predicted molar refractivity (Wildman–Crippen MR) is 139 cm³/mol. The van der Waals surface area contributed by atoms with Crippen molar-refractivity contribution in [3.05, 3.63) is 0 Å². The number of guanidine groups is 1. The third kappa shape index (κ3) is 12.9. The molecule has 0 aromatic heterocycles. The lowest BCUT2D eigenvalue weighted by atomic mass is 9.96. The Labute approximate surface area is 217 Å². The lowest BCUT2D eigenvalue weighted by Crippen LogP contribution is -2.59. The highest BCUT2D eigenvalue weighted by Crippen LogP contribution is 2.12. The highest BCUT2D eigenvalue weighted by Gasteiger charge is 2.33. The Morgan fingerprint density at radius 2 is 1.38 bits per heavy atom. The lowest BCUT2D eigenvalue weighted by Gasteiger charge is -2.28. The van der Waals surface area contributed by atoms with Crippen LogP contribution in [0.1, 0.15) is 66.2 Å². The summed E-state index contributed by atoms with van der Waals surface area (Å²) < 4.78 is 0.